The van der Waals surface area contributed by atoms with Gasteiger partial charge in [-0.2, -0.15) is 0 Å². The van der Waals surface area contributed by atoms with E-state index < -0.39 is 0 Å². The third-order valence-corrected chi connectivity index (χ3v) is 9.64. The normalized spacial score (nSPS) is 29.4. The Hall–Kier alpha value is -3.32. The monoisotopic (exact) mass is 439 g/mol. The van der Waals surface area contributed by atoms with Crippen LogP contribution in [0.4, 0.5) is 11.4 Å². The second-order valence-electron chi connectivity index (χ2n) is 11.1. The second-order valence-corrected chi connectivity index (χ2v) is 11.1. The standard InChI is InChI=1S/C33H29N/c1-2-6-22(7-3-1)23-10-12-26(13-11-23)34-27-14-15-29-28-8-4-5-9-30(28)33(32(29)20-27)25-17-21-16-24(19-25)31(33)18-21/h1-15,20-21,24-25,31,34H,16-19H2. The van der Waals surface area contributed by atoms with Gasteiger partial charge in [-0.15, -0.1) is 0 Å². The van der Waals surface area contributed by atoms with Crippen molar-refractivity contribution in [2.45, 2.75) is 31.1 Å². The minimum Gasteiger partial charge on any atom is -0.356 e. The number of hydrogen-bond acceptors (Lipinski definition) is 1. The van der Waals surface area contributed by atoms with Gasteiger partial charge in [-0.1, -0.05) is 72.8 Å². The predicted molar refractivity (Wildman–Crippen MR) is 140 cm³/mol. The van der Waals surface area contributed by atoms with Crippen molar-refractivity contribution in [2.24, 2.45) is 23.7 Å². The SMILES string of the molecule is c1ccc(-c2ccc(Nc3ccc4c(c3)C3(c5ccccc5-4)C4CC5CC(C4)C3C5)cc2)cc1. The van der Waals surface area contributed by atoms with Crippen LogP contribution < -0.4 is 5.32 Å². The molecular weight excluding hydrogens is 410 g/mol. The summed E-state index contributed by atoms with van der Waals surface area (Å²) in [6, 6.07) is 36.0. The molecule has 5 aliphatic rings. The molecule has 166 valence electrons. The van der Waals surface area contributed by atoms with Gasteiger partial charge in [0.1, 0.15) is 0 Å². The first-order valence-electron chi connectivity index (χ1n) is 13.0. The zero-order valence-corrected chi connectivity index (χ0v) is 19.4. The fraction of sp³-hybridized carbons (Fsp3) is 0.273. The van der Waals surface area contributed by atoms with Crippen LogP contribution in [-0.2, 0) is 5.41 Å². The molecule has 1 spiro atoms. The van der Waals surface area contributed by atoms with Crippen LogP contribution in [0.1, 0.15) is 36.8 Å². The topological polar surface area (TPSA) is 12.0 Å². The maximum atomic E-state index is 3.73. The van der Waals surface area contributed by atoms with E-state index in [4.69, 9.17) is 0 Å². The van der Waals surface area contributed by atoms with Crippen LogP contribution in [-0.4, -0.2) is 0 Å². The van der Waals surface area contributed by atoms with Gasteiger partial charge in [-0.3, -0.25) is 0 Å². The first kappa shape index (κ1) is 19.0. The first-order valence-corrected chi connectivity index (χ1v) is 13.0. The molecule has 4 fully saturated rings. The zero-order chi connectivity index (χ0) is 22.3. The van der Waals surface area contributed by atoms with Gasteiger partial charge in [-0.05, 0) is 107 Å². The van der Waals surface area contributed by atoms with Crippen molar-refractivity contribution in [1.29, 1.82) is 0 Å². The minimum absolute atomic E-state index is 0.248. The third kappa shape index (κ3) is 2.45. The molecular formula is C33H29N. The first-order chi connectivity index (χ1) is 16.8. The number of anilines is 2. The number of fused-ring (bicyclic) bond motifs is 3. The van der Waals surface area contributed by atoms with Crippen molar-refractivity contribution < 1.29 is 0 Å². The Kier molecular flexibility index (Phi) is 3.84. The summed E-state index contributed by atoms with van der Waals surface area (Å²) in [5.74, 6) is 3.57. The van der Waals surface area contributed by atoms with Crippen molar-refractivity contribution in [3.63, 3.8) is 0 Å². The minimum atomic E-state index is 0.248. The quantitative estimate of drug-likeness (QED) is 0.338. The van der Waals surface area contributed by atoms with Crippen molar-refractivity contribution >= 4 is 11.4 Å². The van der Waals surface area contributed by atoms with Crippen LogP contribution in [0.25, 0.3) is 22.3 Å². The molecule has 1 nitrogen and oxygen atoms in total. The Morgan fingerprint density at radius 2 is 1.32 bits per heavy atom. The lowest BCUT2D eigenvalue weighted by Crippen LogP contribution is -2.40. The molecule has 5 aliphatic carbocycles. The Labute approximate surface area is 201 Å². The molecule has 1 heteroatoms. The third-order valence-electron chi connectivity index (χ3n) is 9.64. The number of rotatable bonds is 3. The summed E-state index contributed by atoms with van der Waals surface area (Å²) in [6.07, 6.45) is 5.78. The lowest BCUT2D eigenvalue weighted by Gasteiger charge is -2.44. The summed E-state index contributed by atoms with van der Waals surface area (Å²) in [4.78, 5) is 0. The highest BCUT2D eigenvalue weighted by Gasteiger charge is 2.65. The summed E-state index contributed by atoms with van der Waals surface area (Å²) < 4.78 is 0. The highest BCUT2D eigenvalue weighted by molar-refractivity contribution is 5.84. The van der Waals surface area contributed by atoms with Crippen LogP contribution in [0.15, 0.2) is 97.1 Å². The predicted octanol–water partition coefficient (Wildman–Crippen LogP) is 8.43. The van der Waals surface area contributed by atoms with Crippen molar-refractivity contribution in [3.05, 3.63) is 108 Å². The Morgan fingerprint density at radius 1 is 0.588 bits per heavy atom. The average molecular weight is 440 g/mol. The van der Waals surface area contributed by atoms with Crippen LogP contribution in [0, 0.1) is 23.7 Å². The smallest absolute Gasteiger partial charge is 0.0387 e. The second kappa shape index (κ2) is 6.85. The van der Waals surface area contributed by atoms with Crippen LogP contribution in [0.5, 0.6) is 0 Å². The van der Waals surface area contributed by atoms with E-state index >= 15 is 0 Å². The lowest BCUT2D eigenvalue weighted by atomic mass is 9.59. The molecule has 4 aromatic rings. The van der Waals surface area contributed by atoms with Gasteiger partial charge in [-0.25, -0.2) is 0 Å². The Bertz CT molecular complexity index is 1400. The summed E-state index contributed by atoms with van der Waals surface area (Å²) in [7, 11) is 0. The van der Waals surface area contributed by atoms with E-state index in [0.717, 1.165) is 29.4 Å². The molecule has 1 N–H and O–H groups in total. The van der Waals surface area contributed by atoms with E-state index in [9.17, 15) is 0 Å². The van der Waals surface area contributed by atoms with Gasteiger partial charge in [0.2, 0.25) is 0 Å². The van der Waals surface area contributed by atoms with Gasteiger partial charge >= 0.3 is 0 Å². The Balaban J connectivity index is 1.19. The van der Waals surface area contributed by atoms with Gasteiger partial charge in [0.25, 0.3) is 0 Å². The van der Waals surface area contributed by atoms with Gasteiger partial charge in [0.15, 0.2) is 0 Å². The van der Waals surface area contributed by atoms with Gasteiger partial charge in [0, 0.05) is 16.8 Å². The van der Waals surface area contributed by atoms with Crippen molar-refractivity contribution in [1.82, 2.24) is 0 Å². The molecule has 34 heavy (non-hydrogen) atoms. The molecule has 4 saturated carbocycles. The zero-order valence-electron chi connectivity index (χ0n) is 19.4. The van der Waals surface area contributed by atoms with Gasteiger partial charge in [0.05, 0.1) is 0 Å². The molecule has 4 aromatic carbocycles. The molecule has 0 aliphatic heterocycles. The summed E-state index contributed by atoms with van der Waals surface area (Å²) in [6.45, 7) is 0. The van der Waals surface area contributed by atoms with Crippen molar-refractivity contribution in [3.8, 4) is 22.3 Å². The Morgan fingerprint density at radius 3 is 2.18 bits per heavy atom. The molecule has 0 radical (unpaired) electrons. The molecule has 9 rings (SSSR count). The molecule has 0 heterocycles. The molecule has 0 amide bonds. The van der Waals surface area contributed by atoms with E-state index in [1.54, 1.807) is 11.1 Å². The van der Waals surface area contributed by atoms with Crippen LogP contribution in [0.2, 0.25) is 0 Å². The van der Waals surface area contributed by atoms with E-state index in [1.807, 2.05) is 0 Å². The largest absolute Gasteiger partial charge is 0.356 e. The fourth-order valence-corrected chi connectivity index (χ4v) is 8.59. The number of hydrogen-bond donors (Lipinski definition) is 1. The summed E-state index contributed by atoms with van der Waals surface area (Å²) >= 11 is 0. The maximum absolute atomic E-state index is 3.73. The summed E-state index contributed by atoms with van der Waals surface area (Å²) in [5, 5.41) is 3.73. The fourth-order valence-electron chi connectivity index (χ4n) is 8.59. The molecule has 0 aromatic heterocycles. The highest BCUT2D eigenvalue weighted by atomic mass is 14.9. The van der Waals surface area contributed by atoms with Crippen LogP contribution >= 0.6 is 0 Å². The van der Waals surface area contributed by atoms with E-state index in [0.29, 0.717) is 0 Å². The lowest BCUT2D eigenvalue weighted by molar-refractivity contribution is 0.191. The molecule has 4 bridgehead atoms. The number of nitrogens with one attached hydrogen (secondary N) is 1. The van der Waals surface area contributed by atoms with E-state index in [2.05, 4.69) is 102 Å². The molecule has 5 unspecified atom stereocenters. The molecule has 0 saturated heterocycles. The highest BCUT2D eigenvalue weighted by Crippen LogP contribution is 2.72. The van der Waals surface area contributed by atoms with E-state index in [-0.39, 0.29) is 5.41 Å². The van der Waals surface area contributed by atoms with Crippen molar-refractivity contribution in [2.75, 3.05) is 5.32 Å². The number of benzene rings is 4. The van der Waals surface area contributed by atoms with Crippen LogP contribution in [0.3, 0.4) is 0 Å². The average Bonchev–Trinajstić information content (AvgIpc) is 3.43. The summed E-state index contributed by atoms with van der Waals surface area (Å²) in [5.41, 5.74) is 11.4. The van der Waals surface area contributed by atoms with Gasteiger partial charge < -0.3 is 5.32 Å². The molecule has 5 atom stereocenters. The van der Waals surface area contributed by atoms with E-state index in [1.165, 1.54) is 53.6 Å². The maximum Gasteiger partial charge on any atom is 0.0387 e.